The summed E-state index contributed by atoms with van der Waals surface area (Å²) < 4.78 is 25.9. The minimum absolute atomic E-state index is 0.0160. The van der Waals surface area contributed by atoms with E-state index in [1.807, 2.05) is 0 Å². The van der Waals surface area contributed by atoms with E-state index in [1.54, 1.807) is 13.8 Å². The number of methoxy groups -OCH3 is 1. The normalized spacial score (nSPS) is 37.6. The van der Waals surface area contributed by atoms with Crippen LogP contribution in [0.3, 0.4) is 0 Å². The molecule has 0 bridgehead atoms. The molecule has 0 aromatic heterocycles. The Labute approximate surface area is 120 Å². The molecule has 116 valence electrons. The van der Waals surface area contributed by atoms with Crippen molar-refractivity contribution in [2.75, 3.05) is 20.3 Å². The zero-order valence-corrected chi connectivity index (χ0v) is 11.8. The van der Waals surface area contributed by atoms with Gasteiger partial charge in [0.1, 0.15) is 12.6 Å². The van der Waals surface area contributed by atoms with Crippen LogP contribution in [0.5, 0.6) is 0 Å². The molecular formula is C12H15NO8. The molecule has 0 saturated carbocycles. The highest BCUT2D eigenvalue weighted by molar-refractivity contribution is 5.98. The van der Waals surface area contributed by atoms with Gasteiger partial charge in [-0.1, -0.05) is 0 Å². The Hall–Kier alpha value is -1.71. The number of hydrogen-bond acceptors (Lipinski definition) is 8. The van der Waals surface area contributed by atoms with E-state index in [0.29, 0.717) is 4.90 Å². The van der Waals surface area contributed by atoms with Gasteiger partial charge < -0.3 is 23.7 Å². The molecule has 3 saturated heterocycles. The van der Waals surface area contributed by atoms with E-state index >= 15 is 0 Å². The number of carbonyl (C=O) groups excluding carboxylic acids is 3. The molecular weight excluding hydrogens is 286 g/mol. The maximum atomic E-state index is 12.5. The van der Waals surface area contributed by atoms with Crippen LogP contribution in [0.2, 0.25) is 0 Å². The number of ether oxygens (including phenoxy) is 5. The summed E-state index contributed by atoms with van der Waals surface area (Å²) in [5, 5.41) is 0. The van der Waals surface area contributed by atoms with Crippen molar-refractivity contribution >= 4 is 18.0 Å². The third-order valence-electron chi connectivity index (χ3n) is 3.53. The van der Waals surface area contributed by atoms with E-state index in [0.717, 1.165) is 7.11 Å². The second-order valence-corrected chi connectivity index (χ2v) is 5.45. The van der Waals surface area contributed by atoms with Crippen LogP contribution in [0, 0.1) is 0 Å². The highest BCUT2D eigenvalue weighted by Gasteiger charge is 2.63. The van der Waals surface area contributed by atoms with Crippen molar-refractivity contribution in [2.45, 2.75) is 37.6 Å². The first-order chi connectivity index (χ1) is 9.78. The molecule has 21 heavy (non-hydrogen) atoms. The number of Topliss-reactive ketones (excluding diaryl/α,β-unsaturated/α-hetero) is 1. The van der Waals surface area contributed by atoms with Gasteiger partial charge in [-0.2, -0.15) is 0 Å². The predicted octanol–water partition coefficient (Wildman–Crippen LogP) is 0.0207. The summed E-state index contributed by atoms with van der Waals surface area (Å²) in [5.74, 6) is -3.36. The van der Waals surface area contributed by atoms with E-state index in [9.17, 15) is 14.4 Å². The van der Waals surface area contributed by atoms with Crippen LogP contribution in [0.15, 0.2) is 0 Å². The van der Waals surface area contributed by atoms with Gasteiger partial charge in [-0.25, -0.2) is 14.5 Å². The fourth-order valence-electron chi connectivity index (χ4n) is 2.64. The van der Waals surface area contributed by atoms with Crippen molar-refractivity contribution in [2.24, 2.45) is 0 Å². The molecule has 0 radical (unpaired) electrons. The summed E-state index contributed by atoms with van der Waals surface area (Å²) in [4.78, 5) is 36.4. The topological polar surface area (TPSA) is 101 Å². The number of imide groups is 1. The first-order valence-electron chi connectivity index (χ1n) is 6.40. The fraction of sp³-hybridized carbons (Fsp3) is 0.750. The van der Waals surface area contributed by atoms with Crippen LogP contribution in [0.1, 0.15) is 13.8 Å². The van der Waals surface area contributed by atoms with Crippen molar-refractivity contribution in [1.29, 1.82) is 0 Å². The Kier molecular flexibility index (Phi) is 2.98. The Morgan fingerprint density at radius 3 is 2.71 bits per heavy atom. The Morgan fingerprint density at radius 2 is 2.05 bits per heavy atom. The van der Waals surface area contributed by atoms with Crippen LogP contribution >= 0.6 is 0 Å². The van der Waals surface area contributed by atoms with Crippen molar-refractivity contribution in [3.63, 3.8) is 0 Å². The number of amides is 2. The van der Waals surface area contributed by atoms with Crippen LogP contribution in [-0.4, -0.2) is 66.9 Å². The predicted molar refractivity (Wildman–Crippen MR) is 63.1 cm³/mol. The second kappa shape index (κ2) is 4.39. The number of carbonyl (C=O) groups is 3. The summed E-state index contributed by atoms with van der Waals surface area (Å²) in [6.07, 6.45) is -3.38. The average molecular weight is 301 g/mol. The van der Waals surface area contributed by atoms with E-state index in [-0.39, 0.29) is 13.2 Å². The standard InChI is InChI=1S/C12H15NO8/c1-11(2)19-6-4-18-12(8(14)7(6)20-11)5-13(9(15)17-3)10(16)21-12/h6-7H,4-5H2,1-3H3/t6-,7-,12-/m1/s1. The number of fused-ring (bicyclic) bond motifs is 1. The third-order valence-corrected chi connectivity index (χ3v) is 3.53. The zero-order valence-electron chi connectivity index (χ0n) is 11.8. The molecule has 0 unspecified atom stereocenters. The van der Waals surface area contributed by atoms with Gasteiger partial charge in [0.05, 0.1) is 13.7 Å². The van der Waals surface area contributed by atoms with Gasteiger partial charge in [0.15, 0.2) is 11.9 Å². The maximum Gasteiger partial charge on any atom is 0.422 e. The van der Waals surface area contributed by atoms with Crippen LogP contribution in [-0.2, 0) is 28.5 Å². The summed E-state index contributed by atoms with van der Waals surface area (Å²) in [6.45, 7) is 2.99. The lowest BCUT2D eigenvalue weighted by atomic mass is 9.99. The quantitative estimate of drug-likeness (QED) is 0.617. The third kappa shape index (κ3) is 2.08. The van der Waals surface area contributed by atoms with Crippen LogP contribution in [0.25, 0.3) is 0 Å². The molecule has 0 aromatic carbocycles. The van der Waals surface area contributed by atoms with Gasteiger partial charge in [0, 0.05) is 0 Å². The van der Waals surface area contributed by atoms with E-state index in [1.165, 1.54) is 0 Å². The number of ketones is 1. The number of nitrogens with zero attached hydrogens (tertiary/aromatic N) is 1. The summed E-state index contributed by atoms with van der Waals surface area (Å²) in [6, 6.07) is 0. The lowest BCUT2D eigenvalue weighted by molar-refractivity contribution is -0.219. The molecule has 9 nitrogen and oxygen atoms in total. The van der Waals surface area contributed by atoms with Gasteiger partial charge in [0.2, 0.25) is 5.78 Å². The van der Waals surface area contributed by atoms with Crippen molar-refractivity contribution < 1.29 is 38.1 Å². The molecule has 2 amide bonds. The lowest BCUT2D eigenvalue weighted by Crippen LogP contribution is -2.59. The molecule has 3 heterocycles. The molecule has 0 aromatic rings. The molecule has 3 fully saturated rings. The lowest BCUT2D eigenvalue weighted by Gasteiger charge is -2.33. The van der Waals surface area contributed by atoms with Crippen molar-refractivity contribution in [1.82, 2.24) is 4.90 Å². The molecule has 9 heteroatoms. The molecule has 0 N–H and O–H groups in total. The minimum atomic E-state index is -1.85. The highest BCUT2D eigenvalue weighted by Crippen LogP contribution is 2.39. The highest BCUT2D eigenvalue weighted by atomic mass is 16.8. The zero-order chi connectivity index (χ0) is 15.4. The Balaban J connectivity index is 1.83. The van der Waals surface area contributed by atoms with Gasteiger partial charge in [-0.3, -0.25) is 4.79 Å². The van der Waals surface area contributed by atoms with Gasteiger partial charge in [-0.05, 0) is 13.8 Å². The van der Waals surface area contributed by atoms with Crippen LogP contribution in [0.4, 0.5) is 9.59 Å². The maximum absolute atomic E-state index is 12.5. The Bertz CT molecular complexity index is 517. The molecule has 1 spiro atoms. The molecule has 3 atom stereocenters. The summed E-state index contributed by atoms with van der Waals surface area (Å²) in [5.41, 5.74) is 0. The fourth-order valence-corrected chi connectivity index (χ4v) is 2.64. The first kappa shape index (κ1) is 14.2. The molecule has 3 rings (SSSR count). The summed E-state index contributed by atoms with van der Waals surface area (Å²) >= 11 is 0. The van der Waals surface area contributed by atoms with Crippen molar-refractivity contribution in [3.05, 3.63) is 0 Å². The largest absolute Gasteiger partial charge is 0.452 e. The molecule has 0 aliphatic carbocycles. The SMILES string of the molecule is COC(=O)N1C[C@@]2(OC[C@H]3OC(C)(C)O[C@H]3C2=O)OC1=O. The summed E-state index contributed by atoms with van der Waals surface area (Å²) in [7, 11) is 1.12. The molecule has 3 aliphatic heterocycles. The van der Waals surface area contributed by atoms with Crippen LogP contribution < -0.4 is 0 Å². The number of rotatable bonds is 0. The number of hydrogen-bond donors (Lipinski definition) is 0. The van der Waals surface area contributed by atoms with Gasteiger partial charge in [0.25, 0.3) is 5.79 Å². The van der Waals surface area contributed by atoms with Crippen molar-refractivity contribution in [3.8, 4) is 0 Å². The van der Waals surface area contributed by atoms with E-state index < -0.39 is 41.8 Å². The smallest absolute Gasteiger partial charge is 0.422 e. The first-order valence-corrected chi connectivity index (χ1v) is 6.40. The minimum Gasteiger partial charge on any atom is -0.452 e. The van der Waals surface area contributed by atoms with E-state index in [4.69, 9.17) is 18.9 Å². The second-order valence-electron chi connectivity index (χ2n) is 5.45. The monoisotopic (exact) mass is 301 g/mol. The van der Waals surface area contributed by atoms with Gasteiger partial charge >= 0.3 is 12.2 Å². The Morgan fingerprint density at radius 1 is 1.33 bits per heavy atom. The van der Waals surface area contributed by atoms with E-state index in [2.05, 4.69) is 4.74 Å². The molecule has 3 aliphatic rings. The van der Waals surface area contributed by atoms with Gasteiger partial charge in [-0.15, -0.1) is 0 Å². The average Bonchev–Trinajstić information content (AvgIpc) is 2.92.